The summed E-state index contributed by atoms with van der Waals surface area (Å²) < 4.78 is 5.64. The van der Waals surface area contributed by atoms with Gasteiger partial charge in [0.05, 0.1) is 23.7 Å². The van der Waals surface area contributed by atoms with Gasteiger partial charge in [-0.15, -0.1) is 0 Å². The smallest absolute Gasteiger partial charge is 0.321 e. The molecule has 1 spiro atoms. The lowest BCUT2D eigenvalue weighted by atomic mass is 9.66. The van der Waals surface area contributed by atoms with Gasteiger partial charge in [0, 0.05) is 19.7 Å². The Morgan fingerprint density at radius 3 is 3.10 bits per heavy atom. The van der Waals surface area contributed by atoms with Crippen molar-refractivity contribution < 1.29 is 9.53 Å². The molecule has 1 aliphatic carbocycles. The maximum Gasteiger partial charge on any atom is 0.321 e. The molecule has 0 atom stereocenters. The van der Waals surface area contributed by atoms with E-state index in [-0.39, 0.29) is 6.03 Å². The second kappa shape index (κ2) is 5.60. The second-order valence-electron chi connectivity index (χ2n) is 6.12. The Balaban J connectivity index is 1.55. The predicted octanol–water partition coefficient (Wildman–Crippen LogP) is 2.21. The highest BCUT2D eigenvalue weighted by Gasteiger charge is 2.49. The van der Waals surface area contributed by atoms with Crippen molar-refractivity contribution >= 4 is 11.7 Å². The fourth-order valence-corrected chi connectivity index (χ4v) is 3.43. The van der Waals surface area contributed by atoms with Gasteiger partial charge in [-0.2, -0.15) is 10.2 Å². The lowest BCUT2D eigenvalue weighted by Gasteiger charge is -2.44. The minimum absolute atomic E-state index is 0.0390. The van der Waals surface area contributed by atoms with Gasteiger partial charge in [0.15, 0.2) is 0 Å². The standard InChI is InChI=1S/C15H22N4O2/c1-3-21-12-8-15(9-12)5-7-19(10-15)14(20)17-13-4-6-16-18-11(13)2/h4,6,12H,3,5,7-10H2,1-2H3,(H,16,17,20). The van der Waals surface area contributed by atoms with E-state index in [1.165, 1.54) is 0 Å². The Hall–Kier alpha value is -1.69. The minimum atomic E-state index is -0.0390. The van der Waals surface area contributed by atoms with Gasteiger partial charge in [-0.25, -0.2) is 4.79 Å². The fourth-order valence-electron chi connectivity index (χ4n) is 3.43. The zero-order valence-electron chi connectivity index (χ0n) is 12.6. The molecule has 3 rings (SSSR count). The summed E-state index contributed by atoms with van der Waals surface area (Å²) in [4.78, 5) is 14.2. The first-order valence-corrected chi connectivity index (χ1v) is 7.58. The van der Waals surface area contributed by atoms with Gasteiger partial charge in [0.1, 0.15) is 0 Å². The summed E-state index contributed by atoms with van der Waals surface area (Å²) in [6, 6.07) is 1.74. The van der Waals surface area contributed by atoms with Crippen LogP contribution in [0.1, 0.15) is 31.9 Å². The number of rotatable bonds is 3. The number of hydrogen-bond donors (Lipinski definition) is 1. The molecular formula is C15H22N4O2. The van der Waals surface area contributed by atoms with Gasteiger partial charge in [0.2, 0.25) is 0 Å². The largest absolute Gasteiger partial charge is 0.378 e. The van der Waals surface area contributed by atoms with Crippen LogP contribution in [0.25, 0.3) is 0 Å². The van der Waals surface area contributed by atoms with E-state index in [4.69, 9.17) is 4.74 Å². The molecule has 6 nitrogen and oxygen atoms in total. The monoisotopic (exact) mass is 290 g/mol. The molecule has 0 radical (unpaired) electrons. The molecular weight excluding hydrogens is 268 g/mol. The highest BCUT2D eigenvalue weighted by molar-refractivity contribution is 5.90. The number of ether oxygens (including phenoxy) is 1. The Morgan fingerprint density at radius 1 is 1.57 bits per heavy atom. The van der Waals surface area contributed by atoms with E-state index in [1.54, 1.807) is 12.3 Å². The van der Waals surface area contributed by atoms with E-state index in [2.05, 4.69) is 15.5 Å². The molecule has 1 saturated heterocycles. The average Bonchev–Trinajstić information content (AvgIpc) is 2.87. The van der Waals surface area contributed by atoms with Crippen molar-refractivity contribution in [1.82, 2.24) is 15.1 Å². The number of urea groups is 1. The van der Waals surface area contributed by atoms with E-state index in [9.17, 15) is 4.79 Å². The van der Waals surface area contributed by atoms with Crippen LogP contribution in [0, 0.1) is 12.3 Å². The molecule has 0 bridgehead atoms. The Kier molecular flexibility index (Phi) is 3.80. The predicted molar refractivity (Wildman–Crippen MR) is 79.1 cm³/mol. The van der Waals surface area contributed by atoms with Crippen LogP contribution >= 0.6 is 0 Å². The average molecular weight is 290 g/mol. The number of amides is 2. The van der Waals surface area contributed by atoms with Gasteiger partial charge in [-0.05, 0) is 44.6 Å². The molecule has 114 valence electrons. The number of aromatic nitrogens is 2. The van der Waals surface area contributed by atoms with E-state index >= 15 is 0 Å². The molecule has 6 heteroatoms. The van der Waals surface area contributed by atoms with Crippen molar-refractivity contribution in [2.75, 3.05) is 25.0 Å². The van der Waals surface area contributed by atoms with Crippen molar-refractivity contribution in [3.8, 4) is 0 Å². The molecule has 1 saturated carbocycles. The fraction of sp³-hybridized carbons (Fsp3) is 0.667. The lowest BCUT2D eigenvalue weighted by Crippen LogP contribution is -2.45. The summed E-state index contributed by atoms with van der Waals surface area (Å²) >= 11 is 0. The highest BCUT2D eigenvalue weighted by Crippen LogP contribution is 2.49. The summed E-state index contributed by atoms with van der Waals surface area (Å²) in [7, 11) is 0. The Bertz CT molecular complexity index is 528. The number of nitrogens with one attached hydrogen (secondary N) is 1. The second-order valence-corrected chi connectivity index (χ2v) is 6.12. The summed E-state index contributed by atoms with van der Waals surface area (Å²) in [6.45, 7) is 6.30. The quantitative estimate of drug-likeness (QED) is 0.926. The van der Waals surface area contributed by atoms with Gasteiger partial charge in [0.25, 0.3) is 0 Å². The molecule has 1 aromatic rings. The highest BCUT2D eigenvalue weighted by atomic mass is 16.5. The first-order chi connectivity index (χ1) is 10.1. The maximum atomic E-state index is 12.3. The van der Waals surface area contributed by atoms with Gasteiger partial charge < -0.3 is 15.0 Å². The molecule has 21 heavy (non-hydrogen) atoms. The minimum Gasteiger partial charge on any atom is -0.378 e. The molecule has 0 unspecified atom stereocenters. The molecule has 1 N–H and O–H groups in total. The normalized spacial score (nSPS) is 27.7. The molecule has 2 heterocycles. The van der Waals surface area contributed by atoms with Gasteiger partial charge in [-0.3, -0.25) is 0 Å². The van der Waals surface area contributed by atoms with Crippen molar-refractivity contribution in [1.29, 1.82) is 0 Å². The van der Waals surface area contributed by atoms with Crippen molar-refractivity contribution in [3.05, 3.63) is 18.0 Å². The lowest BCUT2D eigenvalue weighted by molar-refractivity contribution is -0.0703. The van der Waals surface area contributed by atoms with Crippen LogP contribution in [0.2, 0.25) is 0 Å². The molecule has 2 aliphatic rings. The number of aryl methyl sites for hydroxylation is 1. The maximum absolute atomic E-state index is 12.3. The Morgan fingerprint density at radius 2 is 2.38 bits per heavy atom. The van der Waals surface area contributed by atoms with Crippen LogP contribution in [0.5, 0.6) is 0 Å². The third-order valence-electron chi connectivity index (χ3n) is 4.60. The topological polar surface area (TPSA) is 67.3 Å². The molecule has 1 aliphatic heterocycles. The first kappa shape index (κ1) is 14.3. The molecule has 2 fully saturated rings. The zero-order valence-corrected chi connectivity index (χ0v) is 12.6. The van der Waals surface area contributed by atoms with Gasteiger partial charge in [-0.1, -0.05) is 0 Å². The summed E-state index contributed by atoms with van der Waals surface area (Å²) in [6.07, 6.45) is 5.23. The van der Waals surface area contributed by atoms with Crippen LogP contribution in [0.3, 0.4) is 0 Å². The summed E-state index contributed by atoms with van der Waals surface area (Å²) in [5.41, 5.74) is 1.76. The summed E-state index contributed by atoms with van der Waals surface area (Å²) in [5, 5.41) is 10.7. The van der Waals surface area contributed by atoms with Crippen LogP contribution in [-0.2, 0) is 4.74 Å². The number of carbonyl (C=O) groups excluding carboxylic acids is 1. The molecule has 1 aromatic heterocycles. The third kappa shape index (κ3) is 2.85. The number of nitrogens with zero attached hydrogens (tertiary/aromatic N) is 3. The SMILES string of the molecule is CCOC1CC2(CCN(C(=O)Nc3ccnnc3C)C2)C1. The first-order valence-electron chi connectivity index (χ1n) is 7.58. The van der Waals surface area contributed by atoms with Crippen LogP contribution in [0.4, 0.5) is 10.5 Å². The van der Waals surface area contributed by atoms with Gasteiger partial charge >= 0.3 is 6.03 Å². The van der Waals surface area contributed by atoms with Crippen LogP contribution in [0.15, 0.2) is 12.3 Å². The third-order valence-corrected chi connectivity index (χ3v) is 4.60. The molecule has 0 aromatic carbocycles. The number of likely N-dealkylation sites (tertiary alicyclic amines) is 1. The Labute approximate surface area is 124 Å². The van der Waals surface area contributed by atoms with Crippen molar-refractivity contribution in [2.24, 2.45) is 5.41 Å². The number of anilines is 1. The van der Waals surface area contributed by atoms with Crippen LogP contribution < -0.4 is 5.32 Å². The number of hydrogen-bond acceptors (Lipinski definition) is 4. The zero-order chi connectivity index (χ0) is 14.9. The van der Waals surface area contributed by atoms with E-state index in [0.29, 0.717) is 11.5 Å². The number of carbonyl (C=O) groups is 1. The van der Waals surface area contributed by atoms with Crippen molar-refractivity contribution in [2.45, 2.75) is 39.2 Å². The van der Waals surface area contributed by atoms with Crippen molar-refractivity contribution in [3.63, 3.8) is 0 Å². The van der Waals surface area contributed by atoms with Crippen LogP contribution in [-0.4, -0.2) is 46.9 Å². The van der Waals surface area contributed by atoms with E-state index in [1.807, 2.05) is 18.7 Å². The molecule has 2 amide bonds. The van der Waals surface area contributed by atoms with E-state index < -0.39 is 0 Å². The van der Waals surface area contributed by atoms with E-state index in [0.717, 1.165) is 50.3 Å². The summed E-state index contributed by atoms with van der Waals surface area (Å²) in [5.74, 6) is 0.